The Kier molecular flexibility index (Phi) is 9.74. The summed E-state index contributed by atoms with van der Waals surface area (Å²) >= 11 is 0. The largest absolute Gasteiger partial charge is 0.382 e. The third kappa shape index (κ3) is 5.34. The monoisotopic (exact) mass is 247 g/mol. The van der Waals surface area contributed by atoms with Gasteiger partial charge in [0.15, 0.2) is 0 Å². The minimum Gasteiger partial charge on any atom is -0.382 e. The molecule has 0 aromatic rings. The molecule has 4 heteroatoms. The first-order valence-corrected chi connectivity index (χ1v) is 6.72. The Morgan fingerprint density at radius 3 is 2.12 bits per heavy atom. The number of methoxy groups -OCH3 is 1. The standard InChI is InChI=1S/C13H29NO3/c1-6-12(16-11-10-15-5)13(7-2,8-3)17-14-9-4/h12,14H,6-11H2,1-5H3. The first-order chi connectivity index (χ1) is 8.20. The van der Waals surface area contributed by atoms with Crippen LogP contribution in [-0.2, 0) is 14.3 Å². The molecule has 1 atom stereocenters. The lowest BCUT2D eigenvalue weighted by Crippen LogP contribution is -2.48. The summed E-state index contributed by atoms with van der Waals surface area (Å²) in [7, 11) is 1.69. The molecule has 4 nitrogen and oxygen atoms in total. The smallest absolute Gasteiger partial charge is 0.115 e. The van der Waals surface area contributed by atoms with Gasteiger partial charge in [0.2, 0.25) is 0 Å². The minimum atomic E-state index is -0.238. The van der Waals surface area contributed by atoms with Gasteiger partial charge in [0.1, 0.15) is 5.60 Å². The molecule has 0 heterocycles. The van der Waals surface area contributed by atoms with Gasteiger partial charge in [-0.3, -0.25) is 4.84 Å². The van der Waals surface area contributed by atoms with E-state index in [0.717, 1.165) is 25.8 Å². The topological polar surface area (TPSA) is 39.7 Å². The van der Waals surface area contributed by atoms with E-state index in [0.29, 0.717) is 13.2 Å². The van der Waals surface area contributed by atoms with Crippen molar-refractivity contribution in [3.8, 4) is 0 Å². The molecular weight excluding hydrogens is 218 g/mol. The first kappa shape index (κ1) is 16.8. The minimum absolute atomic E-state index is 0.103. The van der Waals surface area contributed by atoms with Gasteiger partial charge in [-0.25, -0.2) is 5.48 Å². The van der Waals surface area contributed by atoms with Gasteiger partial charge >= 0.3 is 0 Å². The van der Waals surface area contributed by atoms with E-state index >= 15 is 0 Å². The van der Waals surface area contributed by atoms with Crippen molar-refractivity contribution in [2.45, 2.75) is 58.7 Å². The Morgan fingerprint density at radius 2 is 1.71 bits per heavy atom. The van der Waals surface area contributed by atoms with Crippen molar-refractivity contribution >= 4 is 0 Å². The van der Waals surface area contributed by atoms with Gasteiger partial charge in [-0.15, -0.1) is 0 Å². The molecule has 0 aliphatic rings. The molecule has 0 saturated carbocycles. The molecule has 0 aliphatic heterocycles. The maximum Gasteiger partial charge on any atom is 0.115 e. The van der Waals surface area contributed by atoms with Crippen LogP contribution < -0.4 is 5.48 Å². The number of ether oxygens (including phenoxy) is 2. The van der Waals surface area contributed by atoms with Gasteiger partial charge in [0.25, 0.3) is 0 Å². The van der Waals surface area contributed by atoms with Crippen LogP contribution in [0.1, 0.15) is 47.0 Å². The third-order valence-electron chi connectivity index (χ3n) is 3.18. The number of rotatable bonds is 11. The van der Waals surface area contributed by atoms with E-state index in [4.69, 9.17) is 14.3 Å². The maximum atomic E-state index is 5.89. The molecule has 0 amide bonds. The summed E-state index contributed by atoms with van der Waals surface area (Å²) in [6.07, 6.45) is 2.91. The van der Waals surface area contributed by atoms with Crippen molar-refractivity contribution in [1.29, 1.82) is 0 Å². The van der Waals surface area contributed by atoms with Crippen molar-refractivity contribution < 1.29 is 14.3 Å². The zero-order chi connectivity index (χ0) is 13.1. The van der Waals surface area contributed by atoms with E-state index in [2.05, 4.69) is 26.3 Å². The molecule has 0 aromatic carbocycles. The van der Waals surface area contributed by atoms with Gasteiger partial charge < -0.3 is 9.47 Å². The fourth-order valence-corrected chi connectivity index (χ4v) is 2.05. The van der Waals surface area contributed by atoms with E-state index in [1.165, 1.54) is 0 Å². The fraction of sp³-hybridized carbons (Fsp3) is 1.00. The number of hydrogen-bond donors (Lipinski definition) is 1. The van der Waals surface area contributed by atoms with Gasteiger partial charge in [0, 0.05) is 13.7 Å². The molecular formula is C13H29NO3. The lowest BCUT2D eigenvalue weighted by atomic mass is 9.89. The summed E-state index contributed by atoms with van der Waals surface area (Å²) in [5, 5.41) is 0. The van der Waals surface area contributed by atoms with Crippen molar-refractivity contribution in [1.82, 2.24) is 5.48 Å². The predicted molar refractivity (Wildman–Crippen MR) is 70.0 cm³/mol. The second kappa shape index (κ2) is 9.83. The van der Waals surface area contributed by atoms with Crippen molar-refractivity contribution in [3.63, 3.8) is 0 Å². The zero-order valence-corrected chi connectivity index (χ0v) is 12.0. The van der Waals surface area contributed by atoms with Crippen LogP contribution >= 0.6 is 0 Å². The van der Waals surface area contributed by atoms with E-state index < -0.39 is 0 Å². The molecule has 1 unspecified atom stereocenters. The molecule has 1 N–H and O–H groups in total. The molecule has 0 aliphatic carbocycles. The molecule has 0 aromatic heterocycles. The highest BCUT2D eigenvalue weighted by Crippen LogP contribution is 2.28. The van der Waals surface area contributed by atoms with Crippen LogP contribution in [0.3, 0.4) is 0 Å². The molecule has 0 radical (unpaired) electrons. The average molecular weight is 247 g/mol. The molecule has 0 rings (SSSR count). The molecule has 0 spiro atoms. The Bertz CT molecular complexity index is 172. The lowest BCUT2D eigenvalue weighted by molar-refractivity contribution is -0.188. The van der Waals surface area contributed by atoms with Crippen LogP contribution in [-0.4, -0.2) is 38.6 Å². The van der Waals surface area contributed by atoms with Crippen LogP contribution in [0.4, 0.5) is 0 Å². The van der Waals surface area contributed by atoms with E-state index in [-0.39, 0.29) is 11.7 Å². The molecule has 0 fully saturated rings. The Morgan fingerprint density at radius 1 is 1.06 bits per heavy atom. The van der Waals surface area contributed by atoms with Crippen LogP contribution in [0.15, 0.2) is 0 Å². The summed E-state index contributed by atoms with van der Waals surface area (Å²) in [5.74, 6) is 0. The summed E-state index contributed by atoms with van der Waals surface area (Å²) < 4.78 is 10.9. The van der Waals surface area contributed by atoms with Crippen molar-refractivity contribution in [2.24, 2.45) is 0 Å². The summed E-state index contributed by atoms with van der Waals surface area (Å²) in [6, 6.07) is 0. The first-order valence-electron chi connectivity index (χ1n) is 6.72. The number of hydrogen-bond acceptors (Lipinski definition) is 4. The quantitative estimate of drug-likeness (QED) is 0.450. The van der Waals surface area contributed by atoms with Crippen LogP contribution in [0.25, 0.3) is 0 Å². The Balaban J connectivity index is 4.47. The molecule has 104 valence electrons. The summed E-state index contributed by atoms with van der Waals surface area (Å²) in [4.78, 5) is 5.85. The summed E-state index contributed by atoms with van der Waals surface area (Å²) in [6.45, 7) is 10.5. The normalized spacial score (nSPS) is 13.9. The van der Waals surface area contributed by atoms with E-state index in [1.807, 2.05) is 6.92 Å². The third-order valence-corrected chi connectivity index (χ3v) is 3.18. The SMILES string of the molecule is CCNOC(CC)(CC)C(CC)OCCOC. The Labute approximate surface area is 106 Å². The van der Waals surface area contributed by atoms with Crippen LogP contribution in [0.5, 0.6) is 0 Å². The maximum absolute atomic E-state index is 5.89. The summed E-state index contributed by atoms with van der Waals surface area (Å²) in [5.41, 5.74) is 2.75. The van der Waals surface area contributed by atoms with E-state index in [9.17, 15) is 0 Å². The Hall–Kier alpha value is -0.160. The molecule has 0 saturated heterocycles. The fourth-order valence-electron chi connectivity index (χ4n) is 2.05. The lowest BCUT2D eigenvalue weighted by Gasteiger charge is -2.38. The second-order valence-electron chi connectivity index (χ2n) is 4.13. The number of hydroxylamine groups is 1. The van der Waals surface area contributed by atoms with Gasteiger partial charge in [0.05, 0.1) is 19.3 Å². The van der Waals surface area contributed by atoms with Gasteiger partial charge in [-0.1, -0.05) is 27.7 Å². The predicted octanol–water partition coefficient (Wildman–Crippen LogP) is 2.53. The van der Waals surface area contributed by atoms with Crippen molar-refractivity contribution in [2.75, 3.05) is 26.9 Å². The number of nitrogens with one attached hydrogen (secondary N) is 1. The second-order valence-corrected chi connectivity index (χ2v) is 4.13. The van der Waals surface area contributed by atoms with E-state index in [1.54, 1.807) is 7.11 Å². The highest BCUT2D eigenvalue weighted by molar-refractivity contribution is 4.86. The molecule has 17 heavy (non-hydrogen) atoms. The van der Waals surface area contributed by atoms with Gasteiger partial charge in [-0.05, 0) is 19.3 Å². The highest BCUT2D eigenvalue weighted by Gasteiger charge is 2.37. The van der Waals surface area contributed by atoms with Gasteiger partial charge in [-0.2, -0.15) is 0 Å². The zero-order valence-electron chi connectivity index (χ0n) is 12.0. The van der Waals surface area contributed by atoms with Crippen LogP contribution in [0, 0.1) is 0 Å². The average Bonchev–Trinajstić information content (AvgIpc) is 2.38. The van der Waals surface area contributed by atoms with Crippen LogP contribution in [0.2, 0.25) is 0 Å². The van der Waals surface area contributed by atoms with Crippen molar-refractivity contribution in [3.05, 3.63) is 0 Å². The molecule has 0 bridgehead atoms. The highest BCUT2D eigenvalue weighted by atomic mass is 16.7.